The molecule has 0 unspecified atom stereocenters. The molecule has 0 spiro atoms. The number of benzene rings is 1. The summed E-state index contributed by atoms with van der Waals surface area (Å²) in [5, 5.41) is 0. The highest BCUT2D eigenvalue weighted by atomic mass is 16.2. The smallest absolute Gasteiger partial charge is 0.319 e. The van der Waals surface area contributed by atoms with Crippen molar-refractivity contribution in [1.82, 2.24) is 14.7 Å². The largest absolute Gasteiger partial charge is 0.331 e. The van der Waals surface area contributed by atoms with Gasteiger partial charge in [0, 0.05) is 51.8 Å². The van der Waals surface area contributed by atoms with E-state index in [1.807, 2.05) is 50.2 Å². The van der Waals surface area contributed by atoms with E-state index in [0.717, 1.165) is 44.6 Å². The summed E-state index contributed by atoms with van der Waals surface area (Å²) in [6.07, 6.45) is 3.85. The molecule has 1 aromatic carbocycles. The van der Waals surface area contributed by atoms with Gasteiger partial charge in [-0.25, -0.2) is 4.79 Å². The maximum absolute atomic E-state index is 12.4. The fourth-order valence-electron chi connectivity index (χ4n) is 4.22. The topological polar surface area (TPSA) is 43.9 Å². The van der Waals surface area contributed by atoms with Crippen molar-refractivity contribution in [2.24, 2.45) is 5.92 Å². The van der Waals surface area contributed by atoms with Crippen LogP contribution in [0.25, 0.3) is 0 Å². The van der Waals surface area contributed by atoms with Crippen LogP contribution in [0.3, 0.4) is 0 Å². The summed E-state index contributed by atoms with van der Waals surface area (Å²) in [4.78, 5) is 30.9. The molecular formula is C21H31N3O2. The second-order valence-electron chi connectivity index (χ2n) is 8.07. The first-order chi connectivity index (χ1) is 12.4. The Labute approximate surface area is 156 Å². The molecule has 26 heavy (non-hydrogen) atoms. The summed E-state index contributed by atoms with van der Waals surface area (Å²) in [5.41, 5.74) is 2.00. The molecule has 3 aliphatic rings. The summed E-state index contributed by atoms with van der Waals surface area (Å²) in [5.74, 6) is 0.792. The molecule has 0 aromatic heterocycles. The average Bonchev–Trinajstić information content (AvgIpc) is 2.93. The maximum atomic E-state index is 12.4. The first kappa shape index (κ1) is 18.9. The Morgan fingerprint density at radius 3 is 2.50 bits per heavy atom. The van der Waals surface area contributed by atoms with Crippen LogP contribution in [-0.4, -0.2) is 72.8 Å². The normalized spacial score (nSPS) is 23.0. The van der Waals surface area contributed by atoms with Gasteiger partial charge >= 0.3 is 6.03 Å². The minimum Gasteiger partial charge on any atom is -0.331 e. The number of carbonyl (C=O) groups is 2. The molecule has 0 N–H and O–H groups in total. The number of fused-ring (bicyclic) bond motifs is 4. The van der Waals surface area contributed by atoms with E-state index in [4.69, 9.17) is 0 Å². The molecule has 3 heterocycles. The number of amides is 2. The Balaban J connectivity index is 1.52. The molecule has 4 rings (SSSR count). The van der Waals surface area contributed by atoms with Crippen LogP contribution in [0, 0.1) is 12.8 Å². The van der Waals surface area contributed by atoms with Crippen molar-refractivity contribution < 1.29 is 9.59 Å². The minimum atomic E-state index is 0.123. The van der Waals surface area contributed by atoms with E-state index in [2.05, 4.69) is 4.90 Å². The number of Topliss-reactive ketones (excluding diaryl/α,β-unsaturated/α-hetero) is 1. The van der Waals surface area contributed by atoms with E-state index in [0.29, 0.717) is 18.4 Å². The van der Waals surface area contributed by atoms with Crippen molar-refractivity contribution in [3.8, 4) is 0 Å². The van der Waals surface area contributed by atoms with Crippen molar-refractivity contribution >= 4 is 11.8 Å². The third-order valence-electron chi connectivity index (χ3n) is 5.70. The second-order valence-corrected chi connectivity index (χ2v) is 8.07. The Bertz CT molecular complexity index is 641. The van der Waals surface area contributed by atoms with E-state index in [1.54, 1.807) is 4.90 Å². The van der Waals surface area contributed by atoms with Gasteiger partial charge < -0.3 is 9.80 Å². The van der Waals surface area contributed by atoms with Gasteiger partial charge in [0.2, 0.25) is 0 Å². The number of hydrogen-bond donors (Lipinski definition) is 0. The molecule has 3 fully saturated rings. The number of rotatable bonds is 5. The third kappa shape index (κ3) is 4.44. The number of aryl methyl sites for hydroxylation is 1. The van der Waals surface area contributed by atoms with Gasteiger partial charge in [-0.3, -0.25) is 9.69 Å². The van der Waals surface area contributed by atoms with E-state index >= 15 is 0 Å². The SMILES string of the molecule is Cc1ccc(C(=O)CCCN2C[C@H]3CC[C@@H]2CN(C(=O)N(C)C)C3)cc1. The molecule has 5 heteroatoms. The zero-order valence-electron chi connectivity index (χ0n) is 16.3. The van der Waals surface area contributed by atoms with Gasteiger partial charge in [-0.15, -0.1) is 0 Å². The van der Waals surface area contributed by atoms with Gasteiger partial charge in [-0.2, -0.15) is 0 Å². The molecule has 0 radical (unpaired) electrons. The van der Waals surface area contributed by atoms with Gasteiger partial charge in [-0.1, -0.05) is 29.8 Å². The van der Waals surface area contributed by atoms with E-state index < -0.39 is 0 Å². The molecule has 142 valence electrons. The maximum Gasteiger partial charge on any atom is 0.319 e. The van der Waals surface area contributed by atoms with Crippen LogP contribution in [0.4, 0.5) is 4.79 Å². The van der Waals surface area contributed by atoms with Crippen molar-refractivity contribution in [3.63, 3.8) is 0 Å². The molecule has 3 saturated heterocycles. The molecule has 2 amide bonds. The Morgan fingerprint density at radius 1 is 1.08 bits per heavy atom. The Hall–Kier alpha value is -1.88. The van der Waals surface area contributed by atoms with Gasteiger partial charge in [0.1, 0.15) is 0 Å². The highest BCUT2D eigenvalue weighted by molar-refractivity contribution is 5.96. The van der Waals surface area contributed by atoms with E-state index in [1.165, 1.54) is 12.0 Å². The number of urea groups is 1. The lowest BCUT2D eigenvalue weighted by Gasteiger charge is -2.36. The van der Waals surface area contributed by atoms with Crippen LogP contribution < -0.4 is 0 Å². The highest BCUT2D eigenvalue weighted by Gasteiger charge is 2.36. The molecule has 0 aliphatic carbocycles. The van der Waals surface area contributed by atoms with Crippen molar-refractivity contribution in [2.75, 3.05) is 40.3 Å². The van der Waals surface area contributed by atoms with Crippen molar-refractivity contribution in [1.29, 1.82) is 0 Å². The monoisotopic (exact) mass is 357 g/mol. The summed E-state index contributed by atoms with van der Waals surface area (Å²) < 4.78 is 0. The van der Waals surface area contributed by atoms with Crippen LogP contribution in [0.2, 0.25) is 0 Å². The standard InChI is InChI=1S/C21H31N3O2/c1-16-6-9-18(10-7-16)20(25)5-4-12-23-13-17-8-11-19(23)15-24(14-17)21(26)22(2)3/h6-7,9-10,17,19H,4-5,8,11-15H2,1-3H3/t17-,19-/m1/s1. The van der Waals surface area contributed by atoms with Crippen molar-refractivity contribution in [2.45, 2.75) is 38.6 Å². The number of nitrogens with zero attached hydrogens (tertiary/aromatic N) is 3. The van der Waals surface area contributed by atoms with Crippen LogP contribution >= 0.6 is 0 Å². The Morgan fingerprint density at radius 2 is 1.81 bits per heavy atom. The molecular weight excluding hydrogens is 326 g/mol. The summed E-state index contributed by atoms with van der Waals surface area (Å²) in [6.45, 7) is 5.72. The van der Waals surface area contributed by atoms with Gasteiger partial charge in [0.05, 0.1) is 0 Å². The van der Waals surface area contributed by atoms with Crippen LogP contribution in [0.15, 0.2) is 24.3 Å². The van der Waals surface area contributed by atoms with Crippen LogP contribution in [0.5, 0.6) is 0 Å². The molecule has 0 saturated carbocycles. The molecule has 2 atom stereocenters. The van der Waals surface area contributed by atoms with E-state index in [-0.39, 0.29) is 11.8 Å². The number of ketones is 1. The van der Waals surface area contributed by atoms with Crippen LogP contribution in [-0.2, 0) is 0 Å². The molecule has 5 nitrogen and oxygen atoms in total. The zero-order valence-corrected chi connectivity index (χ0v) is 16.3. The van der Waals surface area contributed by atoms with Crippen LogP contribution in [0.1, 0.15) is 41.6 Å². The first-order valence-corrected chi connectivity index (χ1v) is 9.74. The first-order valence-electron chi connectivity index (χ1n) is 9.74. The minimum absolute atomic E-state index is 0.123. The summed E-state index contributed by atoms with van der Waals surface area (Å²) in [7, 11) is 3.65. The fraction of sp³-hybridized carbons (Fsp3) is 0.619. The van der Waals surface area contributed by atoms with Gasteiger partial charge in [0.25, 0.3) is 0 Å². The predicted molar refractivity (Wildman–Crippen MR) is 103 cm³/mol. The summed E-state index contributed by atoms with van der Waals surface area (Å²) in [6, 6.07) is 8.41. The number of carbonyl (C=O) groups excluding carboxylic acids is 2. The number of piperidine rings is 1. The molecule has 1 aromatic rings. The lowest BCUT2D eigenvalue weighted by atomic mass is 9.94. The third-order valence-corrected chi connectivity index (χ3v) is 5.70. The van der Waals surface area contributed by atoms with Gasteiger partial charge in [0.15, 0.2) is 5.78 Å². The second kappa shape index (κ2) is 8.21. The number of hydrogen-bond acceptors (Lipinski definition) is 3. The quantitative estimate of drug-likeness (QED) is 0.761. The summed E-state index contributed by atoms with van der Waals surface area (Å²) >= 11 is 0. The van der Waals surface area contributed by atoms with Crippen molar-refractivity contribution in [3.05, 3.63) is 35.4 Å². The molecule has 2 bridgehead atoms. The average molecular weight is 357 g/mol. The lowest BCUT2D eigenvalue weighted by molar-refractivity contribution is 0.0954. The predicted octanol–water partition coefficient (Wildman–Crippen LogP) is 3.04. The van der Waals surface area contributed by atoms with Gasteiger partial charge in [-0.05, 0) is 38.6 Å². The van der Waals surface area contributed by atoms with E-state index in [9.17, 15) is 9.59 Å². The lowest BCUT2D eigenvalue weighted by Crippen LogP contribution is -2.46. The Kier molecular flexibility index (Phi) is 5.97. The zero-order chi connectivity index (χ0) is 18.7. The molecule has 3 aliphatic heterocycles. The fourth-order valence-corrected chi connectivity index (χ4v) is 4.22. The highest BCUT2D eigenvalue weighted by Crippen LogP contribution is 2.28.